The summed E-state index contributed by atoms with van der Waals surface area (Å²) in [5, 5.41) is 9.42. The van der Waals surface area contributed by atoms with Gasteiger partial charge in [-0.3, -0.25) is 4.79 Å². The largest absolute Gasteiger partial charge is 0.491 e. The third-order valence-electron chi connectivity index (χ3n) is 4.85. The standard InChI is InChI=1S/C24H34N4O2/c1-9-19(30-16(2)3)15-14-17(4)22(27(6)7)18(5)25-23-20-12-10-11-13-21(20)24(29)28(8)26-23/h9-16,18,22H,4H2,1-3,5-8H3,(H,25,26)/b15-14-,19-9+/t18-,22-/m0/s1. The maximum atomic E-state index is 12.4. The number of rotatable bonds is 9. The molecule has 6 heteroatoms. The van der Waals surface area contributed by atoms with Crippen molar-refractivity contribution in [3.05, 3.63) is 70.8 Å². The van der Waals surface area contributed by atoms with E-state index >= 15 is 0 Å². The number of ether oxygens (including phenoxy) is 1. The Morgan fingerprint density at radius 2 is 1.83 bits per heavy atom. The zero-order chi connectivity index (χ0) is 22.4. The first-order valence-corrected chi connectivity index (χ1v) is 10.2. The minimum Gasteiger partial charge on any atom is -0.491 e. The first kappa shape index (κ1) is 23.4. The number of allylic oxidation sites excluding steroid dienone is 2. The Hall–Kier alpha value is -2.86. The Balaban J connectivity index is 2.30. The Kier molecular flexibility index (Phi) is 8.00. The average Bonchev–Trinajstić information content (AvgIpc) is 2.68. The van der Waals surface area contributed by atoms with Crippen LogP contribution in [0.25, 0.3) is 10.8 Å². The molecule has 0 fully saturated rings. The van der Waals surface area contributed by atoms with E-state index in [0.717, 1.165) is 16.7 Å². The van der Waals surface area contributed by atoms with Crippen molar-refractivity contribution >= 4 is 16.6 Å². The van der Waals surface area contributed by atoms with Crippen molar-refractivity contribution < 1.29 is 4.74 Å². The minimum atomic E-state index is -0.107. The molecular formula is C24H34N4O2. The fraction of sp³-hybridized carbons (Fsp3) is 0.417. The van der Waals surface area contributed by atoms with Crippen molar-refractivity contribution in [2.24, 2.45) is 7.05 Å². The van der Waals surface area contributed by atoms with Gasteiger partial charge in [-0.25, -0.2) is 4.68 Å². The summed E-state index contributed by atoms with van der Waals surface area (Å²) in [5.41, 5.74) is 0.838. The van der Waals surface area contributed by atoms with Gasteiger partial charge in [0, 0.05) is 18.5 Å². The molecule has 0 saturated heterocycles. The quantitative estimate of drug-likeness (QED) is 0.498. The zero-order valence-corrected chi connectivity index (χ0v) is 19.1. The number of nitrogens with zero attached hydrogens (tertiary/aromatic N) is 3. The number of benzene rings is 1. The van der Waals surface area contributed by atoms with Gasteiger partial charge in [0.15, 0.2) is 5.82 Å². The number of nitrogens with one attached hydrogen (secondary N) is 1. The summed E-state index contributed by atoms with van der Waals surface area (Å²) in [5.74, 6) is 1.50. The molecule has 0 spiro atoms. The first-order valence-electron chi connectivity index (χ1n) is 10.2. The topological polar surface area (TPSA) is 59.4 Å². The lowest BCUT2D eigenvalue weighted by molar-refractivity contribution is 0.157. The molecule has 0 aliphatic carbocycles. The third kappa shape index (κ3) is 5.60. The molecule has 6 nitrogen and oxygen atoms in total. The Labute approximate surface area is 179 Å². The highest BCUT2D eigenvalue weighted by atomic mass is 16.5. The summed E-state index contributed by atoms with van der Waals surface area (Å²) in [6.07, 6.45) is 6.00. The van der Waals surface area contributed by atoms with Crippen LogP contribution in [0.1, 0.15) is 27.7 Å². The molecule has 0 aliphatic rings. The normalized spacial score (nSPS) is 14.5. The van der Waals surface area contributed by atoms with Gasteiger partial charge >= 0.3 is 0 Å². The number of aromatic nitrogens is 2. The molecule has 162 valence electrons. The fourth-order valence-electron chi connectivity index (χ4n) is 3.56. The van der Waals surface area contributed by atoms with E-state index in [4.69, 9.17) is 4.74 Å². The number of hydrogen-bond donors (Lipinski definition) is 1. The van der Waals surface area contributed by atoms with Crippen LogP contribution in [0.2, 0.25) is 0 Å². The van der Waals surface area contributed by atoms with Crippen LogP contribution in [0.5, 0.6) is 0 Å². The van der Waals surface area contributed by atoms with Crippen LogP contribution in [0.3, 0.4) is 0 Å². The van der Waals surface area contributed by atoms with E-state index in [2.05, 4.69) is 28.8 Å². The molecule has 1 aromatic heterocycles. The van der Waals surface area contributed by atoms with Crippen LogP contribution in [0.4, 0.5) is 5.82 Å². The molecule has 1 N–H and O–H groups in total. The molecular weight excluding hydrogens is 376 g/mol. The van der Waals surface area contributed by atoms with E-state index in [1.807, 2.05) is 77.4 Å². The lowest BCUT2D eigenvalue weighted by atomic mass is 9.99. The van der Waals surface area contributed by atoms with E-state index < -0.39 is 0 Å². The highest BCUT2D eigenvalue weighted by molar-refractivity contribution is 5.91. The van der Waals surface area contributed by atoms with Gasteiger partial charge in [-0.1, -0.05) is 30.9 Å². The fourth-order valence-corrected chi connectivity index (χ4v) is 3.56. The maximum absolute atomic E-state index is 12.4. The predicted octanol–water partition coefficient (Wildman–Crippen LogP) is 4.11. The molecule has 30 heavy (non-hydrogen) atoms. The van der Waals surface area contributed by atoms with Crippen molar-refractivity contribution in [2.75, 3.05) is 19.4 Å². The van der Waals surface area contributed by atoms with Crippen molar-refractivity contribution in [3.63, 3.8) is 0 Å². The zero-order valence-electron chi connectivity index (χ0n) is 19.1. The van der Waals surface area contributed by atoms with Gasteiger partial charge in [-0.2, -0.15) is 5.10 Å². The summed E-state index contributed by atoms with van der Waals surface area (Å²) in [6, 6.07) is 7.52. The molecule has 0 bridgehead atoms. The Morgan fingerprint density at radius 3 is 2.40 bits per heavy atom. The smallest absolute Gasteiger partial charge is 0.274 e. The van der Waals surface area contributed by atoms with Gasteiger partial charge in [-0.15, -0.1) is 0 Å². The summed E-state index contributed by atoms with van der Waals surface area (Å²) in [4.78, 5) is 14.5. The van der Waals surface area contributed by atoms with Crippen LogP contribution in [0, 0.1) is 0 Å². The predicted molar refractivity (Wildman–Crippen MR) is 126 cm³/mol. The van der Waals surface area contributed by atoms with E-state index in [1.54, 1.807) is 7.05 Å². The highest BCUT2D eigenvalue weighted by Gasteiger charge is 2.23. The van der Waals surface area contributed by atoms with E-state index in [0.29, 0.717) is 11.2 Å². The van der Waals surface area contributed by atoms with Gasteiger partial charge in [0.1, 0.15) is 5.76 Å². The summed E-state index contributed by atoms with van der Waals surface area (Å²) < 4.78 is 7.15. The van der Waals surface area contributed by atoms with E-state index in [-0.39, 0.29) is 23.7 Å². The number of likely N-dealkylation sites (N-methyl/N-ethyl adjacent to an activating group) is 1. The molecule has 0 aliphatic heterocycles. The molecule has 0 amide bonds. The first-order chi connectivity index (χ1) is 14.1. The third-order valence-corrected chi connectivity index (χ3v) is 4.85. The van der Waals surface area contributed by atoms with Crippen LogP contribution in [0.15, 0.2) is 65.2 Å². The lowest BCUT2D eigenvalue weighted by Crippen LogP contribution is -2.43. The van der Waals surface area contributed by atoms with Gasteiger partial charge < -0.3 is 15.0 Å². The Bertz CT molecular complexity index is 1000. The summed E-state index contributed by atoms with van der Waals surface area (Å²) >= 11 is 0. The van der Waals surface area contributed by atoms with Gasteiger partial charge in [0.25, 0.3) is 5.56 Å². The second-order valence-electron chi connectivity index (χ2n) is 7.93. The molecule has 0 saturated carbocycles. The SMILES string of the molecule is C=C(/C=C\C(=C/C)OC(C)C)[C@@H]([C@H](C)Nc1nn(C)c(=O)c2ccccc12)N(C)C. The molecule has 0 unspecified atom stereocenters. The van der Waals surface area contributed by atoms with Crippen molar-refractivity contribution in [1.82, 2.24) is 14.7 Å². The molecule has 1 heterocycles. The second kappa shape index (κ2) is 10.3. The van der Waals surface area contributed by atoms with Crippen LogP contribution in [-0.4, -0.2) is 47.0 Å². The molecule has 2 rings (SSSR count). The van der Waals surface area contributed by atoms with Gasteiger partial charge in [-0.05, 0) is 65.6 Å². The van der Waals surface area contributed by atoms with Crippen molar-refractivity contribution in [1.29, 1.82) is 0 Å². The van der Waals surface area contributed by atoms with Crippen molar-refractivity contribution in [2.45, 2.75) is 45.9 Å². The molecule has 2 aromatic rings. The van der Waals surface area contributed by atoms with Crippen LogP contribution >= 0.6 is 0 Å². The highest BCUT2D eigenvalue weighted by Crippen LogP contribution is 2.22. The summed E-state index contributed by atoms with van der Waals surface area (Å²) in [7, 11) is 5.72. The van der Waals surface area contributed by atoms with E-state index in [9.17, 15) is 4.79 Å². The number of fused-ring (bicyclic) bond motifs is 1. The maximum Gasteiger partial charge on any atom is 0.274 e. The lowest BCUT2D eigenvalue weighted by Gasteiger charge is -2.32. The van der Waals surface area contributed by atoms with Gasteiger partial charge in [0.2, 0.25) is 0 Å². The number of hydrogen-bond acceptors (Lipinski definition) is 5. The number of anilines is 1. The van der Waals surface area contributed by atoms with Crippen LogP contribution < -0.4 is 10.9 Å². The van der Waals surface area contributed by atoms with Crippen molar-refractivity contribution in [3.8, 4) is 0 Å². The Morgan fingerprint density at radius 1 is 1.20 bits per heavy atom. The van der Waals surface area contributed by atoms with Crippen LogP contribution in [-0.2, 0) is 11.8 Å². The minimum absolute atomic E-state index is 0.00867. The van der Waals surface area contributed by atoms with E-state index in [1.165, 1.54) is 4.68 Å². The van der Waals surface area contributed by atoms with Gasteiger partial charge in [0.05, 0.1) is 17.5 Å². The molecule has 1 aromatic carbocycles. The summed E-state index contributed by atoms with van der Waals surface area (Å²) in [6.45, 7) is 12.3. The second-order valence-corrected chi connectivity index (χ2v) is 7.93. The molecule has 2 atom stereocenters. The number of aryl methyl sites for hydroxylation is 1. The molecule has 0 radical (unpaired) electrons. The average molecular weight is 411 g/mol. The monoisotopic (exact) mass is 410 g/mol.